The van der Waals surface area contributed by atoms with Gasteiger partial charge in [0, 0.05) is 12.1 Å². The van der Waals surface area contributed by atoms with Crippen molar-refractivity contribution in [3.8, 4) is 5.75 Å². The second kappa shape index (κ2) is 5.22. The van der Waals surface area contributed by atoms with E-state index in [1.807, 2.05) is 0 Å². The number of ether oxygens (including phenoxy) is 2. The summed E-state index contributed by atoms with van der Waals surface area (Å²) in [5, 5.41) is 0. The number of rotatable bonds is 2. The summed E-state index contributed by atoms with van der Waals surface area (Å²) in [6.07, 6.45) is -0.729. The average Bonchev–Trinajstić information content (AvgIpc) is 2.18. The SMILES string of the molecule is CC(C)(C)OC(=O)N1CC(Oc2cc(F)nc(F)c2)C1. The number of aromatic nitrogens is 1. The zero-order chi connectivity index (χ0) is 14.9. The molecule has 1 aromatic heterocycles. The number of carbonyl (C=O) groups is 1. The van der Waals surface area contributed by atoms with Crippen LogP contribution in [0.25, 0.3) is 0 Å². The zero-order valence-corrected chi connectivity index (χ0v) is 11.5. The molecule has 1 amide bonds. The number of hydrogen-bond acceptors (Lipinski definition) is 4. The van der Waals surface area contributed by atoms with Gasteiger partial charge in [-0.1, -0.05) is 0 Å². The van der Waals surface area contributed by atoms with Gasteiger partial charge >= 0.3 is 6.09 Å². The minimum Gasteiger partial charge on any atom is -0.486 e. The van der Waals surface area contributed by atoms with E-state index in [0.29, 0.717) is 13.1 Å². The van der Waals surface area contributed by atoms with Crippen molar-refractivity contribution < 1.29 is 23.0 Å². The van der Waals surface area contributed by atoms with Crippen LogP contribution in [-0.2, 0) is 4.74 Å². The van der Waals surface area contributed by atoms with Gasteiger partial charge < -0.3 is 14.4 Å². The van der Waals surface area contributed by atoms with Crippen molar-refractivity contribution in [1.82, 2.24) is 9.88 Å². The van der Waals surface area contributed by atoms with E-state index in [1.54, 1.807) is 20.8 Å². The highest BCUT2D eigenvalue weighted by Gasteiger charge is 2.35. The molecule has 5 nitrogen and oxygen atoms in total. The third-order valence-corrected chi connectivity index (χ3v) is 2.54. The van der Waals surface area contributed by atoms with Crippen LogP contribution in [0.5, 0.6) is 5.75 Å². The van der Waals surface area contributed by atoms with Crippen molar-refractivity contribution in [2.45, 2.75) is 32.5 Å². The predicted octanol–water partition coefficient (Wildman–Crippen LogP) is 2.36. The standard InChI is InChI=1S/C13H16F2N2O3/c1-13(2,3)20-12(18)17-6-9(7-17)19-8-4-10(14)16-11(15)5-8/h4-5,9H,6-7H2,1-3H3. The van der Waals surface area contributed by atoms with Gasteiger partial charge in [0.15, 0.2) is 0 Å². The molecule has 2 heterocycles. The molecule has 7 heteroatoms. The van der Waals surface area contributed by atoms with Crippen LogP contribution in [0.3, 0.4) is 0 Å². The summed E-state index contributed by atoms with van der Waals surface area (Å²) < 4.78 is 36.3. The maximum Gasteiger partial charge on any atom is 0.410 e. The highest BCUT2D eigenvalue weighted by atomic mass is 19.1. The highest BCUT2D eigenvalue weighted by Crippen LogP contribution is 2.21. The van der Waals surface area contributed by atoms with Gasteiger partial charge in [0.05, 0.1) is 13.1 Å². The Morgan fingerprint density at radius 1 is 1.30 bits per heavy atom. The molecule has 1 aliphatic heterocycles. The van der Waals surface area contributed by atoms with Crippen LogP contribution in [0.2, 0.25) is 0 Å². The van der Waals surface area contributed by atoms with Crippen molar-refractivity contribution in [3.05, 3.63) is 24.0 Å². The highest BCUT2D eigenvalue weighted by molar-refractivity contribution is 5.69. The first-order valence-corrected chi connectivity index (χ1v) is 6.20. The number of carbonyl (C=O) groups excluding carboxylic acids is 1. The lowest BCUT2D eigenvalue weighted by Gasteiger charge is -2.39. The molecule has 0 aliphatic carbocycles. The van der Waals surface area contributed by atoms with Gasteiger partial charge in [-0.15, -0.1) is 0 Å². The lowest BCUT2D eigenvalue weighted by Crippen LogP contribution is -2.57. The fraction of sp³-hybridized carbons (Fsp3) is 0.538. The van der Waals surface area contributed by atoms with Crippen molar-refractivity contribution >= 4 is 6.09 Å². The van der Waals surface area contributed by atoms with Gasteiger partial charge in [-0.05, 0) is 20.8 Å². The molecule has 1 aromatic rings. The first kappa shape index (κ1) is 14.5. The summed E-state index contributed by atoms with van der Waals surface area (Å²) in [5.41, 5.74) is -0.555. The molecule has 0 atom stereocenters. The summed E-state index contributed by atoms with van der Waals surface area (Å²) in [4.78, 5) is 16.1. The van der Waals surface area contributed by atoms with Crippen LogP contribution >= 0.6 is 0 Å². The largest absolute Gasteiger partial charge is 0.486 e. The van der Waals surface area contributed by atoms with E-state index in [-0.39, 0.29) is 11.9 Å². The van der Waals surface area contributed by atoms with Gasteiger partial charge in [-0.2, -0.15) is 13.8 Å². The van der Waals surface area contributed by atoms with Gasteiger partial charge in [0.1, 0.15) is 17.5 Å². The Morgan fingerprint density at radius 3 is 2.35 bits per heavy atom. The smallest absolute Gasteiger partial charge is 0.410 e. The second-order valence-corrected chi connectivity index (χ2v) is 5.57. The molecule has 0 radical (unpaired) electrons. The van der Waals surface area contributed by atoms with E-state index in [9.17, 15) is 13.6 Å². The fourth-order valence-electron chi connectivity index (χ4n) is 1.69. The topological polar surface area (TPSA) is 51.7 Å². The molecule has 0 unspecified atom stereocenters. The van der Waals surface area contributed by atoms with Gasteiger partial charge in [-0.3, -0.25) is 0 Å². The summed E-state index contributed by atoms with van der Waals surface area (Å²) >= 11 is 0. The van der Waals surface area contributed by atoms with Crippen LogP contribution in [-0.4, -0.2) is 40.8 Å². The summed E-state index contributed by atoms with van der Waals surface area (Å²) in [6, 6.07) is 2.00. The van der Waals surface area contributed by atoms with Crippen LogP contribution in [0.1, 0.15) is 20.8 Å². The normalized spacial score (nSPS) is 15.8. The maximum absolute atomic E-state index is 12.9. The van der Waals surface area contributed by atoms with Crippen molar-refractivity contribution in [2.75, 3.05) is 13.1 Å². The van der Waals surface area contributed by atoms with E-state index in [1.165, 1.54) is 4.90 Å². The van der Waals surface area contributed by atoms with Crippen LogP contribution in [0.4, 0.5) is 13.6 Å². The molecule has 110 valence electrons. The average molecular weight is 286 g/mol. The number of likely N-dealkylation sites (tertiary alicyclic amines) is 1. The van der Waals surface area contributed by atoms with Gasteiger partial charge in [0.2, 0.25) is 11.9 Å². The lowest BCUT2D eigenvalue weighted by molar-refractivity contribution is -0.0223. The number of halogens is 2. The van der Waals surface area contributed by atoms with Crippen molar-refractivity contribution in [1.29, 1.82) is 0 Å². The molecule has 0 bridgehead atoms. The number of amides is 1. The zero-order valence-electron chi connectivity index (χ0n) is 11.5. The third-order valence-electron chi connectivity index (χ3n) is 2.54. The molecular formula is C13H16F2N2O3. The van der Waals surface area contributed by atoms with Crippen LogP contribution in [0.15, 0.2) is 12.1 Å². The fourth-order valence-corrected chi connectivity index (χ4v) is 1.69. The molecule has 2 rings (SSSR count). The molecule has 1 aliphatic rings. The monoisotopic (exact) mass is 286 g/mol. The molecule has 0 saturated carbocycles. The molecular weight excluding hydrogens is 270 g/mol. The maximum atomic E-state index is 12.9. The quantitative estimate of drug-likeness (QED) is 0.783. The molecule has 0 aromatic carbocycles. The Balaban J connectivity index is 1.83. The van der Waals surface area contributed by atoms with Gasteiger partial charge in [-0.25, -0.2) is 4.79 Å². The molecule has 1 saturated heterocycles. The molecule has 0 N–H and O–H groups in total. The molecule has 1 fully saturated rings. The Labute approximate surface area is 115 Å². The Hall–Kier alpha value is -1.92. The van der Waals surface area contributed by atoms with E-state index in [4.69, 9.17) is 9.47 Å². The minimum atomic E-state index is -0.941. The third kappa shape index (κ3) is 3.79. The van der Waals surface area contributed by atoms with E-state index in [2.05, 4.69) is 4.98 Å². The Kier molecular flexibility index (Phi) is 3.78. The first-order valence-electron chi connectivity index (χ1n) is 6.20. The Morgan fingerprint density at radius 2 is 1.85 bits per heavy atom. The van der Waals surface area contributed by atoms with Crippen LogP contribution in [0, 0.1) is 11.9 Å². The van der Waals surface area contributed by atoms with E-state index in [0.717, 1.165) is 12.1 Å². The number of pyridine rings is 1. The first-order chi connectivity index (χ1) is 9.23. The van der Waals surface area contributed by atoms with E-state index >= 15 is 0 Å². The molecule has 0 spiro atoms. The van der Waals surface area contributed by atoms with Crippen molar-refractivity contribution in [2.24, 2.45) is 0 Å². The van der Waals surface area contributed by atoms with Crippen LogP contribution < -0.4 is 4.74 Å². The summed E-state index contributed by atoms with van der Waals surface area (Å²) in [5.74, 6) is -1.82. The lowest BCUT2D eigenvalue weighted by atomic mass is 10.1. The minimum absolute atomic E-state index is 0.0591. The van der Waals surface area contributed by atoms with E-state index < -0.39 is 23.6 Å². The Bertz CT molecular complexity index is 491. The van der Waals surface area contributed by atoms with Crippen molar-refractivity contribution in [3.63, 3.8) is 0 Å². The summed E-state index contributed by atoms with van der Waals surface area (Å²) in [6.45, 7) is 5.98. The summed E-state index contributed by atoms with van der Waals surface area (Å²) in [7, 11) is 0. The molecule has 20 heavy (non-hydrogen) atoms. The second-order valence-electron chi connectivity index (χ2n) is 5.57. The predicted molar refractivity (Wildman–Crippen MR) is 66.4 cm³/mol. The number of hydrogen-bond donors (Lipinski definition) is 0. The van der Waals surface area contributed by atoms with Gasteiger partial charge in [0.25, 0.3) is 0 Å². The number of nitrogens with zero attached hydrogens (tertiary/aromatic N) is 2.